The number of imidazole rings is 1. The molecule has 0 aliphatic carbocycles. The molecule has 0 radical (unpaired) electrons. The van der Waals surface area contributed by atoms with Crippen LogP contribution in [-0.2, 0) is 14.3 Å². The van der Waals surface area contributed by atoms with Crippen LogP contribution in [-0.4, -0.2) is 34.1 Å². The molecule has 6 heteroatoms. The number of ether oxygens (including phenoxy) is 1. The molecule has 1 N–H and O–H groups in total. The van der Waals surface area contributed by atoms with E-state index in [1.54, 1.807) is 25.5 Å². The van der Waals surface area contributed by atoms with Crippen molar-refractivity contribution >= 4 is 18.0 Å². The highest BCUT2D eigenvalue weighted by Crippen LogP contribution is 2.13. The van der Waals surface area contributed by atoms with Gasteiger partial charge in [0.2, 0.25) is 5.91 Å². The van der Waals surface area contributed by atoms with Crippen LogP contribution in [0.25, 0.3) is 11.8 Å². The molecule has 2 rings (SSSR count). The van der Waals surface area contributed by atoms with E-state index in [1.807, 2.05) is 42.0 Å². The molecule has 1 heterocycles. The number of hydrogen-bond donors (Lipinski definition) is 1. The average molecular weight is 327 g/mol. The third-order valence-corrected chi connectivity index (χ3v) is 3.86. The van der Waals surface area contributed by atoms with Crippen LogP contribution in [0.15, 0.2) is 49.1 Å². The van der Waals surface area contributed by atoms with Gasteiger partial charge in [0, 0.05) is 24.2 Å². The van der Waals surface area contributed by atoms with Gasteiger partial charge in [-0.15, -0.1) is 0 Å². The number of hydrogen-bond acceptors (Lipinski definition) is 4. The van der Waals surface area contributed by atoms with Crippen LogP contribution < -0.4 is 5.32 Å². The number of benzene rings is 1. The van der Waals surface area contributed by atoms with Crippen molar-refractivity contribution in [1.82, 2.24) is 14.9 Å². The lowest BCUT2D eigenvalue weighted by Crippen LogP contribution is -2.51. The van der Waals surface area contributed by atoms with Gasteiger partial charge in [0.05, 0.1) is 13.4 Å². The van der Waals surface area contributed by atoms with E-state index in [9.17, 15) is 9.59 Å². The van der Waals surface area contributed by atoms with Crippen molar-refractivity contribution in [2.75, 3.05) is 7.11 Å². The van der Waals surface area contributed by atoms with Gasteiger partial charge in [-0.3, -0.25) is 4.79 Å². The number of methoxy groups -OCH3 is 1. The zero-order chi connectivity index (χ0) is 17.6. The van der Waals surface area contributed by atoms with E-state index in [0.29, 0.717) is 6.42 Å². The first-order valence-electron chi connectivity index (χ1n) is 7.65. The molecule has 0 aliphatic heterocycles. The monoisotopic (exact) mass is 327 g/mol. The highest BCUT2D eigenvalue weighted by molar-refractivity contribution is 5.96. The Bertz CT molecular complexity index is 720. The van der Waals surface area contributed by atoms with Crippen LogP contribution >= 0.6 is 0 Å². The van der Waals surface area contributed by atoms with Crippen molar-refractivity contribution in [3.05, 3.63) is 54.6 Å². The van der Waals surface area contributed by atoms with E-state index in [-0.39, 0.29) is 5.91 Å². The van der Waals surface area contributed by atoms with Crippen molar-refractivity contribution in [3.8, 4) is 5.69 Å². The lowest BCUT2D eigenvalue weighted by atomic mass is 9.99. The van der Waals surface area contributed by atoms with Crippen LogP contribution in [0.4, 0.5) is 0 Å². The zero-order valence-electron chi connectivity index (χ0n) is 14.0. The third-order valence-electron chi connectivity index (χ3n) is 3.86. The van der Waals surface area contributed by atoms with Crippen molar-refractivity contribution < 1.29 is 14.3 Å². The predicted octanol–water partition coefficient (Wildman–Crippen LogP) is 2.34. The van der Waals surface area contributed by atoms with Crippen LogP contribution in [0, 0.1) is 0 Å². The zero-order valence-corrected chi connectivity index (χ0v) is 14.0. The predicted molar refractivity (Wildman–Crippen MR) is 91.5 cm³/mol. The second-order valence-electron chi connectivity index (χ2n) is 5.56. The fourth-order valence-electron chi connectivity index (χ4n) is 2.16. The van der Waals surface area contributed by atoms with Crippen LogP contribution in [0.2, 0.25) is 0 Å². The number of carbonyl (C=O) groups is 2. The minimum absolute atomic E-state index is 0.344. The van der Waals surface area contributed by atoms with Crippen molar-refractivity contribution in [2.45, 2.75) is 25.8 Å². The van der Waals surface area contributed by atoms with Gasteiger partial charge in [0.15, 0.2) is 0 Å². The maximum Gasteiger partial charge on any atom is 0.331 e. The normalized spacial score (nSPS) is 13.5. The van der Waals surface area contributed by atoms with E-state index in [1.165, 1.54) is 13.2 Å². The summed E-state index contributed by atoms with van der Waals surface area (Å²) in [5.41, 5.74) is 0.838. The van der Waals surface area contributed by atoms with Crippen LogP contribution in [0.5, 0.6) is 0 Å². The summed E-state index contributed by atoms with van der Waals surface area (Å²) in [7, 11) is 1.31. The van der Waals surface area contributed by atoms with E-state index >= 15 is 0 Å². The topological polar surface area (TPSA) is 73.2 Å². The van der Waals surface area contributed by atoms with E-state index in [2.05, 4.69) is 10.3 Å². The Morgan fingerprint density at radius 2 is 2.04 bits per heavy atom. The van der Waals surface area contributed by atoms with Crippen molar-refractivity contribution in [3.63, 3.8) is 0 Å². The number of nitrogens with one attached hydrogen (secondary N) is 1. The van der Waals surface area contributed by atoms with Gasteiger partial charge in [-0.1, -0.05) is 19.1 Å². The average Bonchev–Trinajstić information content (AvgIpc) is 3.14. The second-order valence-corrected chi connectivity index (χ2v) is 5.56. The number of esters is 1. The number of amides is 1. The molecule has 1 aromatic heterocycles. The number of carbonyl (C=O) groups excluding carboxylic acids is 2. The molecule has 24 heavy (non-hydrogen) atoms. The molecule has 0 bridgehead atoms. The van der Waals surface area contributed by atoms with Gasteiger partial charge in [-0.25, -0.2) is 9.78 Å². The van der Waals surface area contributed by atoms with Gasteiger partial charge in [0.25, 0.3) is 0 Å². The Balaban J connectivity index is 2.02. The van der Waals surface area contributed by atoms with Crippen LogP contribution in [0.3, 0.4) is 0 Å². The van der Waals surface area contributed by atoms with E-state index in [4.69, 9.17) is 4.74 Å². The summed E-state index contributed by atoms with van der Waals surface area (Å²) in [5, 5.41) is 2.69. The van der Waals surface area contributed by atoms with E-state index < -0.39 is 11.5 Å². The Labute approximate surface area is 141 Å². The Morgan fingerprint density at radius 1 is 1.33 bits per heavy atom. The van der Waals surface area contributed by atoms with Crippen molar-refractivity contribution in [1.29, 1.82) is 0 Å². The summed E-state index contributed by atoms with van der Waals surface area (Å²) in [6.45, 7) is 3.46. The molecule has 0 spiro atoms. The Kier molecular flexibility index (Phi) is 5.52. The maximum absolute atomic E-state index is 12.0. The summed E-state index contributed by atoms with van der Waals surface area (Å²) >= 11 is 0. The smallest absolute Gasteiger partial charge is 0.331 e. The first-order chi connectivity index (χ1) is 11.5. The Hall–Kier alpha value is -2.89. The molecule has 0 fully saturated rings. The first-order valence-corrected chi connectivity index (χ1v) is 7.65. The minimum atomic E-state index is -1.03. The SMILES string of the molecule is CCC(C)(NC(=O)C=Cc1ccc(-n2ccnc2)cc1)C(=O)OC. The third kappa shape index (κ3) is 4.10. The molecule has 0 saturated carbocycles. The fraction of sp³-hybridized carbons (Fsp3) is 0.278. The largest absolute Gasteiger partial charge is 0.467 e. The fourth-order valence-corrected chi connectivity index (χ4v) is 2.16. The molecule has 6 nitrogen and oxygen atoms in total. The molecule has 2 aromatic rings. The number of aromatic nitrogens is 2. The highest BCUT2D eigenvalue weighted by atomic mass is 16.5. The molecule has 1 aromatic carbocycles. The van der Waals surface area contributed by atoms with Gasteiger partial charge >= 0.3 is 5.97 Å². The summed E-state index contributed by atoms with van der Waals surface area (Å²) in [4.78, 5) is 27.8. The van der Waals surface area contributed by atoms with Gasteiger partial charge in [0.1, 0.15) is 5.54 Å². The summed E-state index contributed by atoms with van der Waals surface area (Å²) < 4.78 is 6.63. The highest BCUT2D eigenvalue weighted by Gasteiger charge is 2.33. The molecular weight excluding hydrogens is 306 g/mol. The van der Waals surface area contributed by atoms with Crippen LogP contribution in [0.1, 0.15) is 25.8 Å². The van der Waals surface area contributed by atoms with Gasteiger partial charge in [-0.2, -0.15) is 0 Å². The molecular formula is C18H21N3O3. The Morgan fingerprint density at radius 3 is 2.58 bits per heavy atom. The van der Waals surface area contributed by atoms with Gasteiger partial charge < -0.3 is 14.6 Å². The summed E-state index contributed by atoms with van der Waals surface area (Å²) in [6.07, 6.45) is 8.83. The van der Waals surface area contributed by atoms with E-state index in [0.717, 1.165) is 11.3 Å². The molecule has 1 amide bonds. The van der Waals surface area contributed by atoms with Gasteiger partial charge in [-0.05, 0) is 37.1 Å². The quantitative estimate of drug-likeness (QED) is 0.653. The second kappa shape index (κ2) is 7.59. The lowest BCUT2D eigenvalue weighted by molar-refractivity contribution is -0.149. The standard InChI is InChI=1S/C18H21N3O3/c1-4-18(2,17(23)24-3)20-16(22)10-7-14-5-8-15(9-6-14)21-12-11-19-13-21/h5-13H,4H2,1-3H3,(H,20,22). The lowest BCUT2D eigenvalue weighted by Gasteiger charge is -2.25. The molecule has 0 aliphatic rings. The number of nitrogens with zero attached hydrogens (tertiary/aromatic N) is 2. The van der Waals surface area contributed by atoms with Crippen molar-refractivity contribution in [2.24, 2.45) is 0 Å². The minimum Gasteiger partial charge on any atom is -0.467 e. The first kappa shape index (κ1) is 17.5. The molecule has 1 atom stereocenters. The summed E-state index contributed by atoms with van der Waals surface area (Å²) in [6, 6.07) is 7.67. The maximum atomic E-state index is 12.0. The summed E-state index contributed by atoms with van der Waals surface area (Å²) in [5.74, 6) is -0.806. The molecule has 0 saturated heterocycles. The number of rotatable bonds is 6. The molecule has 1 unspecified atom stereocenters. The molecule has 126 valence electrons.